The van der Waals surface area contributed by atoms with Crippen LogP contribution in [0.4, 0.5) is 4.79 Å². The van der Waals surface area contributed by atoms with Gasteiger partial charge in [-0.3, -0.25) is 0 Å². The molecule has 0 bridgehead atoms. The van der Waals surface area contributed by atoms with E-state index in [9.17, 15) is 4.79 Å². The van der Waals surface area contributed by atoms with Crippen molar-refractivity contribution in [2.45, 2.75) is 214 Å². The summed E-state index contributed by atoms with van der Waals surface area (Å²) in [6.45, 7) is 14.4. The Hall–Kier alpha value is -1.37. The number of carbonyl (C=O) groups excluding carboxylic acids is 1. The Morgan fingerprint density at radius 1 is 0.500 bits per heavy atom. The molecule has 0 radical (unpaired) electrons. The van der Waals surface area contributed by atoms with E-state index in [-0.39, 0.29) is 12.2 Å². The highest BCUT2D eigenvalue weighted by Crippen LogP contribution is 2.12. The summed E-state index contributed by atoms with van der Waals surface area (Å²) < 4.78 is 17.7. The Labute approximate surface area is 325 Å². The van der Waals surface area contributed by atoms with Gasteiger partial charge in [0.15, 0.2) is 6.10 Å². The first-order valence-corrected chi connectivity index (χ1v) is 22.8. The predicted octanol–water partition coefficient (Wildman–Crippen LogP) is 13.5. The normalized spacial score (nSPS) is 12.0. The molecule has 0 aliphatic rings. The van der Waals surface area contributed by atoms with E-state index in [0.717, 1.165) is 32.5 Å². The summed E-state index contributed by atoms with van der Waals surface area (Å²) in [5.74, 6) is 0. The van der Waals surface area contributed by atoms with Gasteiger partial charge in [0.05, 0.1) is 13.2 Å². The summed E-state index contributed by atoms with van der Waals surface area (Å²) in [4.78, 5) is 14.8. The molecule has 0 spiro atoms. The maximum atomic E-state index is 12.5. The maximum absolute atomic E-state index is 12.5. The number of carbonyl (C=O) groups is 1. The molecule has 0 aromatic rings. The van der Waals surface area contributed by atoms with Crippen molar-refractivity contribution < 1.29 is 19.0 Å². The molecule has 0 saturated carbocycles. The number of nitrogens with one attached hydrogen (secondary N) is 1. The molecule has 0 aliphatic heterocycles. The lowest BCUT2D eigenvalue weighted by Gasteiger charge is -2.20. The van der Waals surface area contributed by atoms with Crippen molar-refractivity contribution in [1.29, 1.82) is 0 Å². The lowest BCUT2D eigenvalue weighted by Crippen LogP contribution is -2.38. The van der Waals surface area contributed by atoms with Gasteiger partial charge in [-0.25, -0.2) is 4.79 Å². The van der Waals surface area contributed by atoms with E-state index in [0.29, 0.717) is 33.0 Å². The van der Waals surface area contributed by atoms with Crippen LogP contribution in [0.2, 0.25) is 0 Å². The quantitative estimate of drug-likeness (QED) is 0.0500. The maximum Gasteiger partial charge on any atom is 0.407 e. The molecule has 0 aliphatic carbocycles. The third-order valence-electron chi connectivity index (χ3n) is 10.1. The number of nitrogens with zero attached hydrogens (tertiary/aromatic N) is 1. The molecule has 1 amide bonds. The van der Waals surface area contributed by atoms with Gasteiger partial charge in [0.1, 0.15) is 0 Å². The summed E-state index contributed by atoms with van der Waals surface area (Å²) in [5.41, 5.74) is 0. The Kier molecular flexibility index (Phi) is 42.9. The number of likely N-dealkylation sites (N-methyl/N-ethyl adjacent to an activating group) is 1. The highest BCUT2D eigenvalue weighted by Gasteiger charge is 2.15. The summed E-state index contributed by atoms with van der Waals surface area (Å²) in [6.07, 6.45) is 45.2. The van der Waals surface area contributed by atoms with Crippen molar-refractivity contribution in [2.75, 3.05) is 52.6 Å². The minimum absolute atomic E-state index is 0.376. The summed E-state index contributed by atoms with van der Waals surface area (Å²) in [7, 11) is 0. The molecule has 308 valence electrons. The van der Waals surface area contributed by atoms with E-state index in [1.807, 2.05) is 0 Å². The highest BCUT2D eigenvalue weighted by atomic mass is 16.6. The number of hydrogen-bond acceptors (Lipinski definition) is 5. The van der Waals surface area contributed by atoms with E-state index < -0.39 is 0 Å². The summed E-state index contributed by atoms with van der Waals surface area (Å²) >= 11 is 0. The van der Waals surface area contributed by atoms with E-state index in [1.54, 1.807) is 0 Å². The van der Waals surface area contributed by atoms with Gasteiger partial charge in [0.25, 0.3) is 0 Å². The number of rotatable bonds is 42. The molecule has 6 heteroatoms. The van der Waals surface area contributed by atoms with Crippen LogP contribution in [0.15, 0.2) is 24.3 Å². The molecule has 52 heavy (non-hydrogen) atoms. The first kappa shape index (κ1) is 50.6. The molecular weight excluding hydrogens is 645 g/mol. The standard InChI is InChI=1S/C46H90N2O4/c1-5-9-11-13-15-17-19-21-23-25-27-29-31-33-35-37-41-50-43-45(52-46(49)47-39-40-48(7-3)8-4)44-51-42-38-36-34-32-30-28-26-24-22-20-18-16-14-12-10-6-2/h21-24,45H,5-20,25-44H2,1-4H3,(H,47,49)/b23-21-,24-22-. The minimum Gasteiger partial charge on any atom is -0.441 e. The smallest absolute Gasteiger partial charge is 0.407 e. The average molecular weight is 735 g/mol. The fraction of sp³-hybridized carbons (Fsp3) is 0.891. The molecule has 0 aromatic carbocycles. The lowest BCUT2D eigenvalue weighted by atomic mass is 10.1. The van der Waals surface area contributed by atoms with Crippen molar-refractivity contribution >= 4 is 6.09 Å². The molecule has 0 heterocycles. The Bertz CT molecular complexity index is 709. The molecule has 0 rings (SSSR count). The molecule has 0 unspecified atom stereocenters. The Morgan fingerprint density at radius 2 is 0.846 bits per heavy atom. The number of alkyl carbamates (subject to hydrolysis) is 1. The monoisotopic (exact) mass is 735 g/mol. The van der Waals surface area contributed by atoms with Crippen LogP contribution in [-0.2, 0) is 14.2 Å². The third kappa shape index (κ3) is 39.8. The second-order valence-electron chi connectivity index (χ2n) is 15.0. The minimum atomic E-state index is -0.378. The first-order chi connectivity index (χ1) is 25.7. The van der Waals surface area contributed by atoms with Gasteiger partial charge in [0.2, 0.25) is 0 Å². The Balaban J connectivity index is 4.01. The zero-order valence-electron chi connectivity index (χ0n) is 35.4. The van der Waals surface area contributed by atoms with Gasteiger partial charge in [-0.15, -0.1) is 0 Å². The van der Waals surface area contributed by atoms with E-state index >= 15 is 0 Å². The van der Waals surface area contributed by atoms with Crippen molar-refractivity contribution in [3.63, 3.8) is 0 Å². The van der Waals surface area contributed by atoms with Crippen LogP contribution in [0.3, 0.4) is 0 Å². The molecule has 0 fully saturated rings. The topological polar surface area (TPSA) is 60.0 Å². The van der Waals surface area contributed by atoms with Crippen LogP contribution in [0, 0.1) is 0 Å². The van der Waals surface area contributed by atoms with Crippen LogP contribution >= 0.6 is 0 Å². The average Bonchev–Trinajstić information content (AvgIpc) is 3.15. The van der Waals surface area contributed by atoms with Gasteiger partial charge in [-0.05, 0) is 77.3 Å². The molecular formula is C46H90N2O4. The van der Waals surface area contributed by atoms with Crippen LogP contribution in [0.5, 0.6) is 0 Å². The van der Waals surface area contributed by atoms with Gasteiger partial charge >= 0.3 is 6.09 Å². The van der Waals surface area contributed by atoms with E-state index in [2.05, 4.69) is 62.2 Å². The third-order valence-corrected chi connectivity index (χ3v) is 10.1. The fourth-order valence-corrected chi connectivity index (χ4v) is 6.50. The van der Waals surface area contributed by atoms with Crippen molar-refractivity contribution in [2.24, 2.45) is 0 Å². The van der Waals surface area contributed by atoms with Gasteiger partial charge in [-0.1, -0.05) is 168 Å². The zero-order chi connectivity index (χ0) is 37.8. The molecule has 1 N–H and O–H groups in total. The second kappa shape index (κ2) is 44.0. The molecule has 6 nitrogen and oxygen atoms in total. The van der Waals surface area contributed by atoms with Crippen LogP contribution in [0.25, 0.3) is 0 Å². The van der Waals surface area contributed by atoms with Gasteiger partial charge in [-0.2, -0.15) is 0 Å². The molecule has 0 atom stereocenters. The van der Waals surface area contributed by atoms with E-state index in [1.165, 1.54) is 167 Å². The number of unbranched alkanes of at least 4 members (excludes halogenated alkanes) is 24. The zero-order valence-corrected chi connectivity index (χ0v) is 35.4. The number of ether oxygens (including phenoxy) is 3. The number of allylic oxidation sites excluding steroid dienone is 4. The fourth-order valence-electron chi connectivity index (χ4n) is 6.50. The van der Waals surface area contributed by atoms with Crippen molar-refractivity contribution in [3.8, 4) is 0 Å². The largest absolute Gasteiger partial charge is 0.441 e. The van der Waals surface area contributed by atoms with Crippen LogP contribution < -0.4 is 5.32 Å². The predicted molar refractivity (Wildman–Crippen MR) is 227 cm³/mol. The SMILES string of the molecule is CCCCCCCC/C=C\CCCCCCCCOCC(COCCCCCCCC/C=C\CCCCCCCC)OC(=O)NCCN(CC)CC. The van der Waals surface area contributed by atoms with Crippen LogP contribution in [0.1, 0.15) is 207 Å². The van der Waals surface area contributed by atoms with Crippen molar-refractivity contribution in [3.05, 3.63) is 24.3 Å². The molecule has 0 saturated heterocycles. The summed E-state index contributed by atoms with van der Waals surface area (Å²) in [5, 5.41) is 2.91. The summed E-state index contributed by atoms with van der Waals surface area (Å²) in [6, 6.07) is 0. The number of amides is 1. The highest BCUT2D eigenvalue weighted by molar-refractivity contribution is 5.67. The van der Waals surface area contributed by atoms with Crippen LogP contribution in [-0.4, -0.2) is 69.7 Å². The first-order valence-electron chi connectivity index (χ1n) is 22.8. The van der Waals surface area contributed by atoms with E-state index in [4.69, 9.17) is 14.2 Å². The van der Waals surface area contributed by atoms with Gasteiger partial charge < -0.3 is 24.4 Å². The van der Waals surface area contributed by atoms with Gasteiger partial charge in [0, 0.05) is 26.3 Å². The second-order valence-corrected chi connectivity index (χ2v) is 15.0. The number of hydrogen-bond donors (Lipinski definition) is 1. The lowest BCUT2D eigenvalue weighted by molar-refractivity contribution is -0.0292. The molecule has 0 aromatic heterocycles. The van der Waals surface area contributed by atoms with Crippen molar-refractivity contribution in [1.82, 2.24) is 10.2 Å². The Morgan fingerprint density at radius 3 is 1.21 bits per heavy atom.